The molecule has 64 heavy (non-hydrogen) atoms. The summed E-state index contributed by atoms with van der Waals surface area (Å²) in [7, 11) is 0. The Morgan fingerprint density at radius 1 is 0.531 bits per heavy atom. The molecular weight excluding hydrogens is 825 g/mol. The monoisotopic (exact) mass is 911 g/mol. The van der Waals surface area contributed by atoms with E-state index >= 15 is 0 Å². The lowest BCUT2D eigenvalue weighted by Gasteiger charge is -2.42. The van der Waals surface area contributed by atoms with Gasteiger partial charge in [0.15, 0.2) is 12.6 Å². The van der Waals surface area contributed by atoms with Gasteiger partial charge in [0.25, 0.3) is 0 Å². The van der Waals surface area contributed by atoms with Crippen LogP contribution in [0.25, 0.3) is 0 Å². The van der Waals surface area contributed by atoms with Crippen LogP contribution < -0.4 is 0 Å². The molecule has 0 aromatic rings. The summed E-state index contributed by atoms with van der Waals surface area (Å²) in [5.74, 6) is -0.406. The fourth-order valence-electron chi connectivity index (χ4n) is 7.28. The first-order valence-corrected chi connectivity index (χ1v) is 24.4. The zero-order chi connectivity index (χ0) is 46.6. The van der Waals surface area contributed by atoms with Crippen LogP contribution in [0.3, 0.4) is 0 Å². The van der Waals surface area contributed by atoms with Gasteiger partial charge in [0, 0.05) is 13.0 Å². The van der Waals surface area contributed by atoms with Crippen molar-refractivity contribution in [2.45, 2.75) is 216 Å². The van der Waals surface area contributed by atoms with E-state index in [2.05, 4.69) is 74.6 Å². The molecule has 11 atom stereocenters. The largest absolute Gasteiger partial charge is 0.457 e. The van der Waals surface area contributed by atoms with E-state index in [4.69, 9.17) is 28.4 Å². The van der Waals surface area contributed by atoms with E-state index in [0.717, 1.165) is 77.0 Å². The molecule has 0 aliphatic carbocycles. The summed E-state index contributed by atoms with van der Waals surface area (Å²) in [6.45, 7) is 3.39. The first-order valence-electron chi connectivity index (χ1n) is 24.4. The number of aliphatic hydroxyl groups is 7. The predicted molar refractivity (Wildman–Crippen MR) is 247 cm³/mol. The van der Waals surface area contributed by atoms with Gasteiger partial charge in [-0.3, -0.25) is 4.79 Å². The Labute approximate surface area is 384 Å². The van der Waals surface area contributed by atoms with Gasteiger partial charge in [-0.1, -0.05) is 132 Å². The minimum absolute atomic E-state index is 0.0179. The predicted octanol–water partition coefficient (Wildman–Crippen LogP) is 6.57. The van der Waals surface area contributed by atoms with Gasteiger partial charge >= 0.3 is 5.97 Å². The van der Waals surface area contributed by atoms with Crippen molar-refractivity contribution in [1.82, 2.24) is 0 Å². The quantitative estimate of drug-likeness (QED) is 0.0200. The standard InChI is InChI=1S/C50H86O14/c1-3-5-7-9-11-13-15-17-19-20-21-23-25-27-29-31-33-42(52)62-39(36-59-34-32-30-28-26-24-22-18-16-14-12-10-8-6-4-2)37-60-49-48(58)46(56)44(54)41(64-49)38-61-50-47(57)45(55)43(53)40(35-51)63-50/h6,8,12,14,18-20,22,26,28,39-41,43-51,53-58H,3-5,7,9-11,13,15-17,21,23-25,27,29-38H2,1-2H3/b8-6-,14-12-,20-19-,22-18-,28-26-. The molecule has 14 heteroatoms. The number of ether oxygens (including phenoxy) is 6. The molecule has 2 aliphatic heterocycles. The van der Waals surface area contributed by atoms with Crippen molar-refractivity contribution in [3.8, 4) is 0 Å². The number of allylic oxidation sites excluding steroid dienone is 10. The van der Waals surface area contributed by atoms with E-state index in [1.54, 1.807) is 0 Å². The third-order valence-electron chi connectivity index (χ3n) is 11.3. The molecule has 2 aliphatic rings. The van der Waals surface area contributed by atoms with E-state index in [-0.39, 0.29) is 19.6 Å². The Balaban J connectivity index is 1.82. The van der Waals surface area contributed by atoms with Crippen LogP contribution in [0.4, 0.5) is 0 Å². The van der Waals surface area contributed by atoms with E-state index in [1.165, 1.54) is 44.9 Å². The Hall–Kier alpha value is -2.31. The van der Waals surface area contributed by atoms with Crippen LogP contribution in [-0.4, -0.2) is 142 Å². The number of hydrogen-bond donors (Lipinski definition) is 7. The average Bonchev–Trinajstić information content (AvgIpc) is 3.29. The van der Waals surface area contributed by atoms with Crippen molar-refractivity contribution in [3.63, 3.8) is 0 Å². The normalized spacial score (nSPS) is 27.3. The fourth-order valence-corrected chi connectivity index (χ4v) is 7.28. The first-order chi connectivity index (χ1) is 31.1. The van der Waals surface area contributed by atoms with Crippen molar-refractivity contribution in [2.24, 2.45) is 0 Å². The molecule has 370 valence electrons. The fraction of sp³-hybridized carbons (Fsp3) is 0.780. The lowest BCUT2D eigenvalue weighted by Crippen LogP contribution is -2.61. The minimum atomic E-state index is -1.72. The highest BCUT2D eigenvalue weighted by Gasteiger charge is 2.47. The van der Waals surface area contributed by atoms with Crippen LogP contribution in [0.5, 0.6) is 0 Å². The van der Waals surface area contributed by atoms with E-state index in [9.17, 15) is 40.5 Å². The van der Waals surface area contributed by atoms with Crippen LogP contribution in [0, 0.1) is 0 Å². The summed E-state index contributed by atoms with van der Waals surface area (Å²) in [6.07, 6.45) is 27.3. The van der Waals surface area contributed by atoms with Crippen LogP contribution in [0.1, 0.15) is 149 Å². The number of rotatable bonds is 37. The van der Waals surface area contributed by atoms with Gasteiger partial charge < -0.3 is 64.2 Å². The molecule has 7 N–H and O–H groups in total. The van der Waals surface area contributed by atoms with Gasteiger partial charge in [-0.05, 0) is 70.6 Å². The van der Waals surface area contributed by atoms with E-state index in [1.807, 2.05) is 0 Å². The summed E-state index contributed by atoms with van der Waals surface area (Å²) >= 11 is 0. The third-order valence-corrected chi connectivity index (χ3v) is 11.3. The highest BCUT2D eigenvalue weighted by atomic mass is 16.7. The van der Waals surface area contributed by atoms with Crippen molar-refractivity contribution >= 4 is 5.97 Å². The topological polar surface area (TPSA) is 214 Å². The highest BCUT2D eigenvalue weighted by Crippen LogP contribution is 2.26. The molecular formula is C50H86O14. The maximum atomic E-state index is 13.0. The van der Waals surface area contributed by atoms with Crippen LogP contribution in [0.15, 0.2) is 60.8 Å². The second-order valence-electron chi connectivity index (χ2n) is 16.9. The summed E-state index contributed by atoms with van der Waals surface area (Å²) < 4.78 is 34.1. The van der Waals surface area contributed by atoms with Gasteiger partial charge in [-0.25, -0.2) is 0 Å². The van der Waals surface area contributed by atoms with Crippen LogP contribution in [0.2, 0.25) is 0 Å². The third kappa shape index (κ3) is 25.6. The molecule has 2 saturated heterocycles. The second-order valence-corrected chi connectivity index (χ2v) is 16.9. The maximum absolute atomic E-state index is 13.0. The Kier molecular flexibility index (Phi) is 34.1. The molecule has 2 fully saturated rings. The van der Waals surface area contributed by atoms with Crippen LogP contribution in [-0.2, 0) is 33.2 Å². The number of hydrogen-bond acceptors (Lipinski definition) is 14. The number of carbonyl (C=O) groups is 1. The Bertz CT molecular complexity index is 1290. The molecule has 0 aromatic carbocycles. The van der Waals surface area contributed by atoms with Gasteiger partial charge in [-0.2, -0.15) is 0 Å². The zero-order valence-corrected chi connectivity index (χ0v) is 39.0. The molecule has 11 unspecified atom stereocenters. The molecule has 2 heterocycles. The molecule has 0 amide bonds. The molecule has 14 nitrogen and oxygen atoms in total. The van der Waals surface area contributed by atoms with Crippen molar-refractivity contribution < 1.29 is 69.0 Å². The maximum Gasteiger partial charge on any atom is 0.306 e. The molecule has 2 rings (SSSR count). The number of carbonyl (C=O) groups excluding carboxylic acids is 1. The smallest absolute Gasteiger partial charge is 0.306 e. The lowest BCUT2D eigenvalue weighted by molar-refractivity contribution is -0.332. The molecule has 0 bridgehead atoms. The van der Waals surface area contributed by atoms with E-state index < -0.39 is 86.7 Å². The van der Waals surface area contributed by atoms with Gasteiger partial charge in [-0.15, -0.1) is 0 Å². The Morgan fingerprint density at radius 3 is 1.61 bits per heavy atom. The highest BCUT2D eigenvalue weighted by molar-refractivity contribution is 5.69. The number of esters is 1. The zero-order valence-electron chi connectivity index (χ0n) is 39.0. The summed E-state index contributed by atoms with van der Waals surface area (Å²) in [4.78, 5) is 13.0. The van der Waals surface area contributed by atoms with Crippen LogP contribution >= 0.6 is 0 Å². The molecule has 0 saturated carbocycles. The lowest BCUT2D eigenvalue weighted by atomic mass is 9.98. The molecule has 0 spiro atoms. The second kappa shape index (κ2) is 37.7. The average molecular weight is 911 g/mol. The van der Waals surface area contributed by atoms with Gasteiger partial charge in [0.05, 0.1) is 26.4 Å². The van der Waals surface area contributed by atoms with Crippen molar-refractivity contribution in [3.05, 3.63) is 60.8 Å². The number of unbranched alkanes of at least 4 members (excludes halogenated alkanes) is 13. The van der Waals surface area contributed by atoms with Gasteiger partial charge in [0.2, 0.25) is 0 Å². The SMILES string of the molecule is CC/C=C\C/C=C\C/C=C\C/C=C\CCCOCC(COC1OC(COC2OC(CO)C(O)C(O)C2O)C(O)C(O)C1O)OC(=O)CCCCCCC/C=C\CCCCCCCCC. The Morgan fingerprint density at radius 2 is 1.02 bits per heavy atom. The summed E-state index contributed by atoms with van der Waals surface area (Å²) in [6, 6.07) is 0. The van der Waals surface area contributed by atoms with Crippen molar-refractivity contribution in [1.29, 1.82) is 0 Å². The number of aliphatic hydroxyl groups excluding tert-OH is 7. The summed E-state index contributed by atoms with van der Waals surface area (Å²) in [5.41, 5.74) is 0. The first kappa shape index (κ1) is 57.8. The van der Waals surface area contributed by atoms with Gasteiger partial charge in [0.1, 0.15) is 54.9 Å². The molecule has 0 radical (unpaired) electrons. The summed E-state index contributed by atoms with van der Waals surface area (Å²) in [5, 5.41) is 72.0. The minimum Gasteiger partial charge on any atom is -0.457 e. The van der Waals surface area contributed by atoms with E-state index in [0.29, 0.717) is 13.0 Å². The molecule has 0 aromatic heterocycles. The van der Waals surface area contributed by atoms with Crippen molar-refractivity contribution in [2.75, 3.05) is 33.0 Å².